The summed E-state index contributed by atoms with van der Waals surface area (Å²) in [6.07, 6.45) is 0. The van der Waals surface area contributed by atoms with Crippen LogP contribution in [0.1, 0.15) is 5.56 Å². The number of thiol groups is 1. The number of hydrogen-bond donors (Lipinski definition) is 2. The number of nitrogens with zero attached hydrogens (tertiary/aromatic N) is 4. The molecule has 5 nitrogen and oxygen atoms in total. The molecule has 2 rings (SSSR count). The lowest BCUT2D eigenvalue weighted by Gasteiger charge is -2.14. The number of hydrogen-bond acceptors (Lipinski definition) is 6. The molecule has 0 radical (unpaired) electrons. The molecular weight excluding hydrogens is 186 g/mol. The minimum absolute atomic E-state index is 0.581. The molecule has 0 bridgehead atoms. The molecule has 0 aliphatic carbocycles. The molecule has 0 atom stereocenters. The van der Waals surface area contributed by atoms with Crippen LogP contribution in [0, 0.1) is 0 Å². The lowest BCUT2D eigenvalue weighted by molar-refractivity contribution is 0.699. The molecule has 1 aromatic rings. The van der Waals surface area contributed by atoms with E-state index in [1.807, 2.05) is 12.1 Å². The Kier molecular flexibility index (Phi) is 1.77. The number of anilines is 1. The quantitative estimate of drug-likeness (QED) is 0.520. The zero-order valence-electron chi connectivity index (χ0n) is 6.62. The second-order valence-electron chi connectivity index (χ2n) is 2.60. The van der Waals surface area contributed by atoms with E-state index in [1.54, 1.807) is 12.1 Å². The smallest absolute Gasteiger partial charge is 0.264 e. The third kappa shape index (κ3) is 1.29. The monoisotopic (exact) mass is 193 g/mol. The molecule has 0 saturated heterocycles. The Hall–Kier alpha value is -1.43. The summed E-state index contributed by atoms with van der Waals surface area (Å²) in [5.41, 5.74) is 7.01. The van der Waals surface area contributed by atoms with Gasteiger partial charge in [-0.1, -0.05) is 18.2 Å². The Labute approximate surface area is 80.1 Å². The summed E-state index contributed by atoms with van der Waals surface area (Å²) in [5.74, 6) is 0. The van der Waals surface area contributed by atoms with Crippen LogP contribution in [0.25, 0.3) is 0 Å². The van der Waals surface area contributed by atoms with Gasteiger partial charge in [0.25, 0.3) is 4.99 Å². The third-order valence-corrected chi connectivity index (χ3v) is 2.15. The highest BCUT2D eigenvalue weighted by molar-refractivity contribution is 7.81. The van der Waals surface area contributed by atoms with Crippen molar-refractivity contribution in [3.8, 4) is 0 Å². The van der Waals surface area contributed by atoms with Gasteiger partial charge in [0.15, 0.2) is 0 Å². The number of nitrogen functional groups attached to an aromatic ring is 1. The molecule has 1 aliphatic rings. The van der Waals surface area contributed by atoms with Gasteiger partial charge in [-0.05, 0) is 16.5 Å². The molecule has 66 valence electrons. The van der Waals surface area contributed by atoms with Crippen LogP contribution in [0.15, 0.2) is 44.9 Å². The predicted octanol–water partition coefficient (Wildman–Crippen LogP) is 2.14. The third-order valence-electron chi connectivity index (χ3n) is 1.73. The van der Waals surface area contributed by atoms with Crippen LogP contribution in [0.3, 0.4) is 0 Å². The Morgan fingerprint density at radius 3 is 2.38 bits per heavy atom. The van der Waals surface area contributed by atoms with Crippen molar-refractivity contribution in [2.24, 2.45) is 20.7 Å². The lowest BCUT2D eigenvalue weighted by Crippen LogP contribution is -2.12. The second kappa shape index (κ2) is 2.81. The fourth-order valence-corrected chi connectivity index (χ4v) is 1.38. The van der Waals surface area contributed by atoms with E-state index < -0.39 is 4.99 Å². The first-order valence-corrected chi connectivity index (χ1v) is 4.08. The van der Waals surface area contributed by atoms with Gasteiger partial charge in [-0.15, -0.1) is 22.9 Å². The van der Waals surface area contributed by atoms with Crippen molar-refractivity contribution in [2.75, 3.05) is 5.73 Å². The average molecular weight is 193 g/mol. The molecule has 13 heavy (non-hydrogen) atoms. The van der Waals surface area contributed by atoms with Gasteiger partial charge in [0.05, 0.1) is 0 Å². The SMILES string of the molecule is Nc1ccccc1C1(S)N=NN=N1. The minimum Gasteiger partial charge on any atom is -0.398 e. The van der Waals surface area contributed by atoms with Gasteiger partial charge in [-0.25, -0.2) is 0 Å². The van der Waals surface area contributed by atoms with Crippen molar-refractivity contribution >= 4 is 18.3 Å². The van der Waals surface area contributed by atoms with Crippen LogP contribution in [0.5, 0.6) is 0 Å². The lowest BCUT2D eigenvalue weighted by atomic mass is 10.1. The highest BCUT2D eigenvalue weighted by atomic mass is 32.1. The molecule has 0 fully saturated rings. The van der Waals surface area contributed by atoms with E-state index in [2.05, 4.69) is 33.3 Å². The van der Waals surface area contributed by atoms with E-state index in [9.17, 15) is 0 Å². The Balaban J connectivity index is 2.52. The number of nitrogens with two attached hydrogens (primary N) is 1. The first-order valence-electron chi connectivity index (χ1n) is 3.64. The number of benzene rings is 1. The molecular formula is C7H7N5S. The average Bonchev–Trinajstić information content (AvgIpc) is 2.54. The first kappa shape index (κ1) is 8.18. The summed E-state index contributed by atoms with van der Waals surface area (Å²) in [6.45, 7) is 0. The van der Waals surface area contributed by atoms with E-state index >= 15 is 0 Å². The Morgan fingerprint density at radius 2 is 1.77 bits per heavy atom. The Bertz CT molecular complexity index is 374. The second-order valence-corrected chi connectivity index (χ2v) is 3.23. The molecule has 0 spiro atoms. The van der Waals surface area contributed by atoms with Crippen molar-refractivity contribution in [2.45, 2.75) is 4.99 Å². The van der Waals surface area contributed by atoms with E-state index in [1.165, 1.54) is 0 Å². The van der Waals surface area contributed by atoms with Crippen LogP contribution < -0.4 is 5.73 Å². The molecule has 0 aromatic heterocycles. The van der Waals surface area contributed by atoms with Crippen molar-refractivity contribution in [1.82, 2.24) is 0 Å². The van der Waals surface area contributed by atoms with Gasteiger partial charge in [0.1, 0.15) is 0 Å². The summed E-state index contributed by atoms with van der Waals surface area (Å²) in [6, 6.07) is 7.23. The predicted molar refractivity (Wildman–Crippen MR) is 51.2 cm³/mol. The molecule has 2 N–H and O–H groups in total. The maximum absolute atomic E-state index is 5.73. The van der Waals surface area contributed by atoms with Gasteiger partial charge < -0.3 is 5.73 Å². The maximum atomic E-state index is 5.73. The Morgan fingerprint density at radius 1 is 1.15 bits per heavy atom. The highest BCUT2D eigenvalue weighted by Crippen LogP contribution is 2.38. The van der Waals surface area contributed by atoms with E-state index in [0.29, 0.717) is 11.3 Å². The van der Waals surface area contributed by atoms with Gasteiger partial charge in [0.2, 0.25) is 0 Å². The molecule has 1 aliphatic heterocycles. The minimum atomic E-state index is -1.04. The maximum Gasteiger partial charge on any atom is 0.264 e. The van der Waals surface area contributed by atoms with Gasteiger partial charge in [-0.3, -0.25) is 0 Å². The van der Waals surface area contributed by atoms with Crippen LogP contribution in [0.4, 0.5) is 5.69 Å². The summed E-state index contributed by atoms with van der Waals surface area (Å²) >= 11 is 4.24. The van der Waals surface area contributed by atoms with Gasteiger partial charge in [-0.2, -0.15) is 0 Å². The van der Waals surface area contributed by atoms with Gasteiger partial charge >= 0.3 is 0 Å². The fraction of sp³-hybridized carbons (Fsp3) is 0.143. The number of rotatable bonds is 1. The van der Waals surface area contributed by atoms with Crippen molar-refractivity contribution in [1.29, 1.82) is 0 Å². The van der Waals surface area contributed by atoms with Crippen LogP contribution in [-0.2, 0) is 4.99 Å². The van der Waals surface area contributed by atoms with Crippen molar-refractivity contribution in [3.05, 3.63) is 29.8 Å². The van der Waals surface area contributed by atoms with E-state index in [0.717, 1.165) is 0 Å². The number of para-hydroxylation sites is 1. The zero-order valence-corrected chi connectivity index (χ0v) is 7.52. The highest BCUT2D eigenvalue weighted by Gasteiger charge is 2.32. The molecule has 1 heterocycles. The standard InChI is InChI=1S/C7H7N5S/c8-6-4-2-1-3-5(6)7(13)9-11-12-10-7/h1-4,13H,8H2. The zero-order chi connectivity index (χ0) is 9.31. The fourth-order valence-electron chi connectivity index (χ4n) is 1.09. The summed E-state index contributed by atoms with van der Waals surface area (Å²) in [4.78, 5) is -1.04. The summed E-state index contributed by atoms with van der Waals surface area (Å²) in [5, 5.41) is 14.4. The van der Waals surface area contributed by atoms with E-state index in [-0.39, 0.29) is 0 Å². The van der Waals surface area contributed by atoms with Crippen LogP contribution >= 0.6 is 12.6 Å². The summed E-state index contributed by atoms with van der Waals surface area (Å²) < 4.78 is 0. The molecule has 0 unspecified atom stereocenters. The van der Waals surface area contributed by atoms with Crippen LogP contribution in [-0.4, -0.2) is 0 Å². The molecule has 6 heteroatoms. The largest absolute Gasteiger partial charge is 0.398 e. The topological polar surface area (TPSA) is 75.5 Å². The van der Waals surface area contributed by atoms with Crippen LogP contribution in [0.2, 0.25) is 0 Å². The van der Waals surface area contributed by atoms with Gasteiger partial charge in [0, 0.05) is 11.3 Å². The van der Waals surface area contributed by atoms with Crippen molar-refractivity contribution < 1.29 is 0 Å². The first-order chi connectivity index (χ1) is 6.22. The van der Waals surface area contributed by atoms with Crippen molar-refractivity contribution in [3.63, 3.8) is 0 Å². The molecule has 0 amide bonds. The summed E-state index contributed by atoms with van der Waals surface area (Å²) in [7, 11) is 0. The van der Waals surface area contributed by atoms with E-state index in [4.69, 9.17) is 5.73 Å². The molecule has 1 aromatic carbocycles. The normalized spacial score (nSPS) is 17.9. The molecule has 0 saturated carbocycles.